The second-order valence-electron chi connectivity index (χ2n) is 2.68. The van der Waals surface area contributed by atoms with Crippen molar-refractivity contribution in [3.05, 3.63) is 12.3 Å². The summed E-state index contributed by atoms with van der Waals surface area (Å²) < 4.78 is 14.2. The summed E-state index contributed by atoms with van der Waals surface area (Å²) >= 11 is 0. The summed E-state index contributed by atoms with van der Waals surface area (Å²) in [4.78, 5) is 21.7. The lowest BCUT2D eigenvalue weighted by atomic mass is 10.2. The third-order valence-electron chi connectivity index (χ3n) is 1.43. The molecule has 0 bridgehead atoms. The van der Waals surface area contributed by atoms with Gasteiger partial charge in [0.15, 0.2) is 0 Å². The number of carbonyl (C=O) groups is 2. The predicted octanol–water partition coefficient (Wildman–Crippen LogP) is 0.353. The Kier molecular flexibility index (Phi) is 2.55. The Bertz CT molecular complexity index is 239. The monoisotopic (exact) mass is 186 g/mol. The Labute approximate surface area is 75.3 Å². The highest BCUT2D eigenvalue weighted by Crippen LogP contribution is 2.21. The molecule has 72 valence electrons. The highest BCUT2D eigenvalue weighted by Gasteiger charge is 2.36. The minimum absolute atomic E-state index is 0.337. The van der Waals surface area contributed by atoms with Gasteiger partial charge in [0.25, 0.3) is 5.79 Å². The van der Waals surface area contributed by atoms with Gasteiger partial charge in [-0.15, -0.1) is 0 Å². The van der Waals surface area contributed by atoms with E-state index in [1.54, 1.807) is 0 Å². The molecule has 0 aromatic heterocycles. The molecule has 1 heterocycles. The van der Waals surface area contributed by atoms with E-state index in [-0.39, 0.29) is 6.42 Å². The quantitative estimate of drug-likeness (QED) is 0.354. The summed E-state index contributed by atoms with van der Waals surface area (Å²) in [6.07, 6.45) is 2.30. The van der Waals surface area contributed by atoms with Crippen LogP contribution in [0, 0.1) is 0 Å². The highest BCUT2D eigenvalue weighted by atomic mass is 16.7. The largest absolute Gasteiger partial charge is 0.504 e. The Morgan fingerprint density at radius 2 is 1.92 bits per heavy atom. The lowest BCUT2D eigenvalue weighted by Gasteiger charge is -2.29. The SMILES string of the molecule is CO/C=C/C1(C)OC(=O)CC(=O)O1. The molecular weight excluding hydrogens is 176 g/mol. The number of rotatable bonds is 2. The average molecular weight is 186 g/mol. The van der Waals surface area contributed by atoms with Crippen molar-refractivity contribution in [2.45, 2.75) is 19.1 Å². The van der Waals surface area contributed by atoms with Crippen LogP contribution in [-0.4, -0.2) is 24.8 Å². The molecule has 0 aliphatic carbocycles. The summed E-state index contributed by atoms with van der Waals surface area (Å²) in [6, 6.07) is 0. The summed E-state index contributed by atoms with van der Waals surface area (Å²) in [6.45, 7) is 1.46. The van der Waals surface area contributed by atoms with Crippen LogP contribution in [0.4, 0.5) is 0 Å². The van der Waals surface area contributed by atoms with E-state index in [1.165, 1.54) is 26.4 Å². The predicted molar refractivity (Wildman–Crippen MR) is 41.4 cm³/mol. The van der Waals surface area contributed by atoms with Crippen molar-refractivity contribution in [1.82, 2.24) is 0 Å². The fourth-order valence-electron chi connectivity index (χ4n) is 0.923. The zero-order chi connectivity index (χ0) is 9.90. The van der Waals surface area contributed by atoms with E-state index in [9.17, 15) is 9.59 Å². The van der Waals surface area contributed by atoms with Crippen LogP contribution in [0.3, 0.4) is 0 Å². The first kappa shape index (κ1) is 9.57. The minimum atomic E-state index is -1.33. The Morgan fingerprint density at radius 3 is 2.38 bits per heavy atom. The molecule has 1 saturated heterocycles. The summed E-state index contributed by atoms with van der Waals surface area (Å²) in [5.74, 6) is -2.53. The van der Waals surface area contributed by atoms with Gasteiger partial charge in [-0.3, -0.25) is 9.59 Å². The number of hydrogen-bond acceptors (Lipinski definition) is 5. The van der Waals surface area contributed by atoms with Crippen molar-refractivity contribution in [2.75, 3.05) is 7.11 Å². The lowest BCUT2D eigenvalue weighted by molar-refractivity contribution is -0.221. The normalized spacial score (nSPS) is 21.1. The van der Waals surface area contributed by atoms with Gasteiger partial charge in [-0.2, -0.15) is 0 Å². The van der Waals surface area contributed by atoms with Crippen LogP contribution in [-0.2, 0) is 23.8 Å². The zero-order valence-corrected chi connectivity index (χ0v) is 7.40. The van der Waals surface area contributed by atoms with Crippen LogP contribution in [0.25, 0.3) is 0 Å². The number of hydrogen-bond donors (Lipinski definition) is 0. The van der Waals surface area contributed by atoms with E-state index in [0.717, 1.165) is 0 Å². The van der Waals surface area contributed by atoms with Gasteiger partial charge in [0.05, 0.1) is 13.4 Å². The molecule has 0 radical (unpaired) electrons. The molecule has 0 saturated carbocycles. The molecule has 1 rings (SSSR count). The maximum Gasteiger partial charge on any atom is 0.320 e. The number of ether oxygens (including phenoxy) is 3. The first-order chi connectivity index (χ1) is 6.06. The highest BCUT2D eigenvalue weighted by molar-refractivity contribution is 5.93. The van der Waals surface area contributed by atoms with Crippen molar-refractivity contribution in [1.29, 1.82) is 0 Å². The molecule has 1 aliphatic rings. The summed E-state index contributed by atoms with van der Waals surface area (Å²) in [5.41, 5.74) is 0. The van der Waals surface area contributed by atoms with Crippen LogP contribution in [0.15, 0.2) is 12.3 Å². The second kappa shape index (κ2) is 3.47. The van der Waals surface area contributed by atoms with Gasteiger partial charge in [0, 0.05) is 13.0 Å². The van der Waals surface area contributed by atoms with Crippen LogP contribution in [0.2, 0.25) is 0 Å². The molecule has 1 fully saturated rings. The Hall–Kier alpha value is -1.52. The van der Waals surface area contributed by atoms with Crippen molar-refractivity contribution in [3.63, 3.8) is 0 Å². The Balaban J connectivity index is 2.72. The first-order valence-corrected chi connectivity index (χ1v) is 3.70. The third kappa shape index (κ3) is 2.47. The minimum Gasteiger partial charge on any atom is -0.504 e. The van der Waals surface area contributed by atoms with E-state index in [2.05, 4.69) is 4.74 Å². The molecule has 0 amide bonds. The summed E-state index contributed by atoms with van der Waals surface area (Å²) in [7, 11) is 1.44. The number of cyclic esters (lactones) is 2. The van der Waals surface area contributed by atoms with Gasteiger partial charge in [-0.05, 0) is 0 Å². The summed E-state index contributed by atoms with van der Waals surface area (Å²) in [5, 5.41) is 0. The number of methoxy groups -OCH3 is 1. The molecule has 0 N–H and O–H groups in total. The molecule has 1 aliphatic heterocycles. The maximum absolute atomic E-state index is 10.9. The van der Waals surface area contributed by atoms with Crippen molar-refractivity contribution < 1.29 is 23.8 Å². The molecule has 0 aromatic carbocycles. The van der Waals surface area contributed by atoms with E-state index >= 15 is 0 Å². The van der Waals surface area contributed by atoms with E-state index < -0.39 is 17.7 Å². The van der Waals surface area contributed by atoms with Crippen LogP contribution < -0.4 is 0 Å². The van der Waals surface area contributed by atoms with Gasteiger partial charge in [-0.25, -0.2) is 0 Å². The van der Waals surface area contributed by atoms with Crippen molar-refractivity contribution in [3.8, 4) is 0 Å². The second-order valence-corrected chi connectivity index (χ2v) is 2.68. The Morgan fingerprint density at radius 1 is 1.38 bits per heavy atom. The molecular formula is C8H10O5. The van der Waals surface area contributed by atoms with Crippen LogP contribution in [0.1, 0.15) is 13.3 Å². The fraction of sp³-hybridized carbons (Fsp3) is 0.500. The molecule has 13 heavy (non-hydrogen) atoms. The molecule has 0 atom stereocenters. The van der Waals surface area contributed by atoms with Gasteiger partial charge >= 0.3 is 11.9 Å². The van der Waals surface area contributed by atoms with E-state index in [1.807, 2.05) is 0 Å². The van der Waals surface area contributed by atoms with Gasteiger partial charge in [-0.1, -0.05) is 0 Å². The van der Waals surface area contributed by atoms with Crippen molar-refractivity contribution >= 4 is 11.9 Å². The molecule has 5 heteroatoms. The van der Waals surface area contributed by atoms with Gasteiger partial charge in [0.1, 0.15) is 6.42 Å². The topological polar surface area (TPSA) is 61.8 Å². The van der Waals surface area contributed by atoms with Gasteiger partial charge < -0.3 is 14.2 Å². The molecule has 0 unspecified atom stereocenters. The number of esters is 2. The first-order valence-electron chi connectivity index (χ1n) is 3.70. The average Bonchev–Trinajstić information content (AvgIpc) is 1.98. The van der Waals surface area contributed by atoms with E-state index in [4.69, 9.17) is 9.47 Å². The van der Waals surface area contributed by atoms with Crippen LogP contribution in [0.5, 0.6) is 0 Å². The maximum atomic E-state index is 10.9. The van der Waals surface area contributed by atoms with Crippen molar-refractivity contribution in [2.24, 2.45) is 0 Å². The number of carbonyl (C=O) groups excluding carboxylic acids is 2. The van der Waals surface area contributed by atoms with E-state index in [0.29, 0.717) is 0 Å². The molecule has 0 spiro atoms. The fourth-order valence-corrected chi connectivity index (χ4v) is 0.923. The lowest BCUT2D eigenvalue weighted by Crippen LogP contribution is -2.41. The molecule has 5 nitrogen and oxygen atoms in total. The zero-order valence-electron chi connectivity index (χ0n) is 7.40. The third-order valence-corrected chi connectivity index (χ3v) is 1.43. The van der Waals surface area contributed by atoms with Crippen LogP contribution >= 0.6 is 0 Å². The molecule has 0 aromatic rings. The van der Waals surface area contributed by atoms with Gasteiger partial charge in [0.2, 0.25) is 0 Å². The smallest absolute Gasteiger partial charge is 0.320 e. The standard InChI is InChI=1S/C8H10O5/c1-8(3-4-11-2)12-6(9)5-7(10)13-8/h3-4H,5H2,1-2H3/b4-3+.